The number of methoxy groups -OCH3 is 1. The van der Waals surface area contributed by atoms with Gasteiger partial charge < -0.3 is 10.1 Å². The van der Waals surface area contributed by atoms with Crippen molar-refractivity contribution in [2.24, 2.45) is 0 Å². The number of ether oxygens (including phenoxy) is 1. The summed E-state index contributed by atoms with van der Waals surface area (Å²) in [4.78, 5) is 28.8. The summed E-state index contributed by atoms with van der Waals surface area (Å²) < 4.78 is 18.9. The highest BCUT2D eigenvalue weighted by molar-refractivity contribution is 8.04. The molecule has 1 N–H and O–H groups in total. The van der Waals surface area contributed by atoms with Gasteiger partial charge in [-0.05, 0) is 48.5 Å². The second-order valence-electron chi connectivity index (χ2n) is 6.64. The fourth-order valence-electron chi connectivity index (χ4n) is 3.10. The van der Waals surface area contributed by atoms with Gasteiger partial charge in [0.1, 0.15) is 22.2 Å². The molecule has 0 spiro atoms. The van der Waals surface area contributed by atoms with E-state index in [0.717, 1.165) is 21.6 Å². The van der Waals surface area contributed by atoms with Crippen molar-refractivity contribution in [3.05, 3.63) is 93.2 Å². The highest BCUT2D eigenvalue weighted by Crippen LogP contribution is 2.41. The van der Waals surface area contributed by atoms with Crippen molar-refractivity contribution in [3.63, 3.8) is 0 Å². The van der Waals surface area contributed by atoms with Crippen LogP contribution in [0.4, 0.5) is 15.8 Å². The molecule has 0 unspecified atom stereocenters. The van der Waals surface area contributed by atoms with Crippen molar-refractivity contribution in [2.45, 2.75) is 4.90 Å². The molecule has 5 nitrogen and oxygen atoms in total. The minimum Gasteiger partial charge on any atom is -0.495 e. The van der Waals surface area contributed by atoms with E-state index in [-0.39, 0.29) is 21.3 Å². The number of thioether (sulfide) groups is 1. The second kappa shape index (κ2) is 9.24. The number of carbonyl (C=O) groups is 2. The van der Waals surface area contributed by atoms with Gasteiger partial charge in [0, 0.05) is 15.6 Å². The molecule has 0 radical (unpaired) electrons. The molecule has 0 atom stereocenters. The molecule has 1 aliphatic heterocycles. The third-order valence-electron chi connectivity index (χ3n) is 4.58. The number of carbonyl (C=O) groups excluding carboxylic acids is 2. The Kier molecular flexibility index (Phi) is 6.41. The maximum atomic E-state index is 13.6. The average molecular weight is 489 g/mol. The largest absolute Gasteiger partial charge is 0.495 e. The van der Waals surface area contributed by atoms with Gasteiger partial charge in [0.25, 0.3) is 11.8 Å². The SMILES string of the molecule is COc1ccc(Cl)cc1N1C(=O)C(Nc2ccc(F)c(Cl)c2)=C(Sc2ccccc2)C1=O. The first kappa shape index (κ1) is 22.2. The second-order valence-corrected chi connectivity index (χ2v) is 8.56. The van der Waals surface area contributed by atoms with Crippen LogP contribution in [0.3, 0.4) is 0 Å². The van der Waals surface area contributed by atoms with E-state index in [4.69, 9.17) is 27.9 Å². The van der Waals surface area contributed by atoms with Crippen LogP contribution in [0.1, 0.15) is 0 Å². The monoisotopic (exact) mass is 488 g/mol. The van der Waals surface area contributed by atoms with Crippen molar-refractivity contribution in [1.82, 2.24) is 0 Å². The van der Waals surface area contributed by atoms with E-state index in [2.05, 4.69) is 5.32 Å². The molecule has 4 rings (SSSR count). The van der Waals surface area contributed by atoms with E-state index in [1.165, 1.54) is 31.4 Å². The smallest absolute Gasteiger partial charge is 0.283 e. The zero-order valence-corrected chi connectivity index (χ0v) is 18.9. The zero-order valence-electron chi connectivity index (χ0n) is 16.6. The van der Waals surface area contributed by atoms with Crippen molar-refractivity contribution < 1.29 is 18.7 Å². The molecule has 0 saturated heterocycles. The normalized spacial score (nSPS) is 13.7. The fourth-order valence-corrected chi connectivity index (χ4v) is 4.39. The van der Waals surface area contributed by atoms with Gasteiger partial charge in [-0.25, -0.2) is 9.29 Å². The number of halogens is 3. The van der Waals surface area contributed by atoms with Crippen LogP contribution >= 0.6 is 35.0 Å². The molecule has 1 heterocycles. The molecule has 3 aromatic rings. The molecule has 0 saturated carbocycles. The molecule has 0 aliphatic carbocycles. The summed E-state index contributed by atoms with van der Waals surface area (Å²) >= 11 is 13.1. The molecule has 32 heavy (non-hydrogen) atoms. The number of nitrogens with one attached hydrogen (secondary N) is 1. The predicted octanol–water partition coefficient (Wildman–Crippen LogP) is 6.13. The summed E-state index contributed by atoms with van der Waals surface area (Å²) in [6, 6.07) is 17.8. The fraction of sp³-hybridized carbons (Fsp3) is 0.0435. The lowest BCUT2D eigenvalue weighted by atomic mass is 10.2. The molecule has 162 valence electrons. The lowest BCUT2D eigenvalue weighted by Crippen LogP contribution is -2.32. The summed E-state index contributed by atoms with van der Waals surface area (Å²) in [7, 11) is 1.44. The zero-order chi connectivity index (χ0) is 22.8. The maximum Gasteiger partial charge on any atom is 0.283 e. The summed E-state index contributed by atoms with van der Waals surface area (Å²) in [5.41, 5.74) is 0.613. The van der Waals surface area contributed by atoms with Crippen molar-refractivity contribution >= 4 is 58.2 Å². The van der Waals surface area contributed by atoms with Gasteiger partial charge in [-0.1, -0.05) is 53.2 Å². The number of anilines is 2. The Morgan fingerprint density at radius 2 is 1.72 bits per heavy atom. The summed E-state index contributed by atoms with van der Waals surface area (Å²) in [5, 5.41) is 3.16. The Hall–Kier alpha value is -3.00. The summed E-state index contributed by atoms with van der Waals surface area (Å²) in [5.74, 6) is -1.43. The molecular weight excluding hydrogens is 474 g/mol. The van der Waals surface area contributed by atoms with Crippen LogP contribution < -0.4 is 15.0 Å². The van der Waals surface area contributed by atoms with Gasteiger partial charge in [0.2, 0.25) is 0 Å². The molecular formula is C23H15Cl2FN2O3S. The lowest BCUT2D eigenvalue weighted by molar-refractivity contribution is -0.120. The third kappa shape index (κ3) is 4.32. The van der Waals surface area contributed by atoms with Gasteiger partial charge in [0.15, 0.2) is 0 Å². The minimum absolute atomic E-state index is 0.0357. The van der Waals surface area contributed by atoms with E-state index < -0.39 is 17.6 Å². The number of rotatable bonds is 6. The lowest BCUT2D eigenvalue weighted by Gasteiger charge is -2.18. The minimum atomic E-state index is -0.602. The van der Waals surface area contributed by atoms with Crippen molar-refractivity contribution in [2.75, 3.05) is 17.3 Å². The Morgan fingerprint density at radius 3 is 2.41 bits per heavy atom. The summed E-state index contributed by atoms with van der Waals surface area (Å²) in [6.07, 6.45) is 0. The van der Waals surface area contributed by atoms with Crippen molar-refractivity contribution in [1.29, 1.82) is 0 Å². The Balaban J connectivity index is 1.79. The predicted molar refractivity (Wildman–Crippen MR) is 125 cm³/mol. The quantitative estimate of drug-likeness (QED) is 0.422. The van der Waals surface area contributed by atoms with Gasteiger partial charge in [-0.3, -0.25) is 9.59 Å². The molecule has 0 aromatic heterocycles. The van der Waals surface area contributed by atoms with Gasteiger partial charge in [0.05, 0.1) is 17.8 Å². The Bertz CT molecular complexity index is 1250. The van der Waals surface area contributed by atoms with Crippen LogP contribution in [0.15, 0.2) is 82.2 Å². The van der Waals surface area contributed by atoms with Crippen LogP contribution in [0.25, 0.3) is 0 Å². The average Bonchev–Trinajstić information content (AvgIpc) is 3.01. The number of nitrogens with zero attached hydrogens (tertiary/aromatic N) is 1. The Labute approximate surface area is 197 Å². The highest BCUT2D eigenvalue weighted by atomic mass is 35.5. The number of hydrogen-bond acceptors (Lipinski definition) is 5. The first-order valence-corrected chi connectivity index (χ1v) is 10.9. The number of imide groups is 1. The first-order valence-electron chi connectivity index (χ1n) is 9.30. The molecule has 2 amide bonds. The summed E-state index contributed by atoms with van der Waals surface area (Å²) in [6.45, 7) is 0. The van der Waals surface area contributed by atoms with E-state index in [1.54, 1.807) is 12.1 Å². The molecule has 0 bridgehead atoms. The van der Waals surface area contributed by atoms with Crippen LogP contribution in [0, 0.1) is 5.82 Å². The first-order chi connectivity index (χ1) is 15.4. The molecule has 3 aromatic carbocycles. The Morgan fingerprint density at radius 1 is 0.969 bits per heavy atom. The number of amides is 2. The van der Waals surface area contributed by atoms with Crippen LogP contribution in [-0.2, 0) is 9.59 Å². The number of benzene rings is 3. The van der Waals surface area contributed by atoms with E-state index in [0.29, 0.717) is 16.5 Å². The van der Waals surface area contributed by atoms with Gasteiger partial charge in [-0.2, -0.15) is 0 Å². The van der Waals surface area contributed by atoms with Gasteiger partial charge in [-0.15, -0.1) is 0 Å². The van der Waals surface area contributed by atoms with Crippen LogP contribution in [-0.4, -0.2) is 18.9 Å². The molecule has 1 aliphatic rings. The van der Waals surface area contributed by atoms with Crippen LogP contribution in [0.2, 0.25) is 10.0 Å². The third-order valence-corrected chi connectivity index (χ3v) is 6.19. The van der Waals surface area contributed by atoms with E-state index in [1.807, 2.05) is 30.3 Å². The maximum absolute atomic E-state index is 13.6. The standard InChI is InChI=1S/C23H15Cl2FN2O3S/c1-31-19-10-7-13(24)11-18(19)28-22(29)20(27-14-8-9-17(26)16(25)12-14)21(23(28)30)32-15-5-3-2-4-6-15/h2-12,27H,1H3. The van der Waals surface area contributed by atoms with E-state index >= 15 is 0 Å². The molecule has 9 heteroatoms. The van der Waals surface area contributed by atoms with E-state index in [9.17, 15) is 14.0 Å². The van der Waals surface area contributed by atoms with Crippen LogP contribution in [0.5, 0.6) is 5.75 Å². The highest BCUT2D eigenvalue weighted by Gasteiger charge is 2.41. The molecule has 0 fully saturated rings. The number of hydrogen-bond donors (Lipinski definition) is 1. The topological polar surface area (TPSA) is 58.6 Å². The van der Waals surface area contributed by atoms with Crippen molar-refractivity contribution in [3.8, 4) is 5.75 Å². The van der Waals surface area contributed by atoms with Gasteiger partial charge >= 0.3 is 0 Å².